The lowest BCUT2D eigenvalue weighted by Gasteiger charge is -2.16. The molecule has 0 amide bonds. The zero-order valence-electron chi connectivity index (χ0n) is 10.5. The van der Waals surface area contributed by atoms with E-state index in [0.29, 0.717) is 11.6 Å². The molecule has 1 aromatic heterocycles. The number of hydrogen-bond donors (Lipinski definition) is 1. The number of nitrogens with one attached hydrogen (secondary N) is 1. The Labute approximate surface area is 104 Å². The average molecular weight is 246 g/mol. The van der Waals surface area contributed by atoms with Gasteiger partial charge in [-0.25, -0.2) is 5.10 Å². The summed E-state index contributed by atoms with van der Waals surface area (Å²) in [7, 11) is 0. The lowest BCUT2D eigenvalue weighted by molar-refractivity contribution is -0.142. The van der Waals surface area contributed by atoms with Crippen LogP contribution in [0.5, 0.6) is 5.75 Å². The van der Waals surface area contributed by atoms with Gasteiger partial charge in [-0.1, -0.05) is 0 Å². The summed E-state index contributed by atoms with van der Waals surface area (Å²) in [6.07, 6.45) is 0. The summed E-state index contributed by atoms with van der Waals surface area (Å²) in [6, 6.07) is 6.99. The number of hydrogen-bond acceptors (Lipinski definition) is 5. The second-order valence-electron chi connectivity index (χ2n) is 4.91. The quantitative estimate of drug-likeness (QED) is 0.645. The molecule has 0 bridgehead atoms. The predicted octanol–water partition coefficient (Wildman–Crippen LogP) is 1.82. The lowest BCUT2D eigenvalue weighted by atomic mass is 9.97. The van der Waals surface area contributed by atoms with Crippen molar-refractivity contribution in [3.05, 3.63) is 24.3 Å². The zero-order valence-corrected chi connectivity index (χ0v) is 10.5. The van der Waals surface area contributed by atoms with Crippen LogP contribution in [0.15, 0.2) is 24.3 Å². The van der Waals surface area contributed by atoms with E-state index in [-0.39, 0.29) is 5.97 Å². The topological polar surface area (TPSA) is 80.8 Å². The van der Waals surface area contributed by atoms with Gasteiger partial charge in [0.25, 0.3) is 0 Å². The molecule has 2 rings (SSSR count). The molecule has 1 aromatic carbocycles. The number of aromatic nitrogens is 4. The Balaban J connectivity index is 2.12. The summed E-state index contributed by atoms with van der Waals surface area (Å²) >= 11 is 0. The molecule has 0 saturated carbocycles. The van der Waals surface area contributed by atoms with E-state index in [1.165, 1.54) is 0 Å². The van der Waals surface area contributed by atoms with Crippen LogP contribution in [0.2, 0.25) is 0 Å². The van der Waals surface area contributed by atoms with Gasteiger partial charge in [0.05, 0.1) is 5.41 Å². The molecule has 0 unspecified atom stereocenters. The number of carbonyl (C=O) groups excluding carboxylic acids is 1. The van der Waals surface area contributed by atoms with Gasteiger partial charge in [0, 0.05) is 5.56 Å². The molecule has 1 heterocycles. The summed E-state index contributed by atoms with van der Waals surface area (Å²) in [5.74, 6) is 0.812. The van der Waals surface area contributed by atoms with Crippen molar-refractivity contribution in [1.29, 1.82) is 0 Å². The third kappa shape index (κ3) is 2.71. The maximum atomic E-state index is 11.7. The smallest absolute Gasteiger partial charge is 0.316 e. The molecule has 0 aliphatic carbocycles. The van der Waals surface area contributed by atoms with Crippen molar-refractivity contribution < 1.29 is 9.53 Å². The van der Waals surface area contributed by atoms with Crippen LogP contribution >= 0.6 is 0 Å². The summed E-state index contributed by atoms with van der Waals surface area (Å²) in [4.78, 5) is 11.7. The number of esters is 1. The number of carbonyl (C=O) groups is 1. The van der Waals surface area contributed by atoms with E-state index in [0.717, 1.165) is 5.56 Å². The van der Waals surface area contributed by atoms with Crippen LogP contribution in [0.4, 0.5) is 0 Å². The Morgan fingerprint density at radius 3 is 2.39 bits per heavy atom. The molecule has 6 nitrogen and oxygen atoms in total. The largest absolute Gasteiger partial charge is 0.426 e. The van der Waals surface area contributed by atoms with Crippen LogP contribution in [0.1, 0.15) is 20.8 Å². The van der Waals surface area contributed by atoms with Gasteiger partial charge in [-0.3, -0.25) is 4.79 Å². The van der Waals surface area contributed by atoms with E-state index in [4.69, 9.17) is 4.74 Å². The van der Waals surface area contributed by atoms with Crippen molar-refractivity contribution in [3.63, 3.8) is 0 Å². The summed E-state index contributed by atoms with van der Waals surface area (Å²) in [5.41, 5.74) is 0.309. The molecule has 2 aromatic rings. The summed E-state index contributed by atoms with van der Waals surface area (Å²) < 4.78 is 5.25. The van der Waals surface area contributed by atoms with Crippen LogP contribution in [-0.4, -0.2) is 26.6 Å². The minimum atomic E-state index is -0.520. The van der Waals surface area contributed by atoms with E-state index in [9.17, 15) is 4.79 Å². The van der Waals surface area contributed by atoms with Gasteiger partial charge in [0.1, 0.15) is 5.75 Å². The van der Waals surface area contributed by atoms with Crippen molar-refractivity contribution in [2.45, 2.75) is 20.8 Å². The normalized spacial score (nSPS) is 11.3. The predicted molar refractivity (Wildman–Crippen MR) is 64.7 cm³/mol. The standard InChI is InChI=1S/C12H14N4O2/c1-12(2,3)11(17)18-9-6-4-8(5-7-9)10-13-15-16-14-10/h4-7H,1-3H3,(H,13,14,15,16). The van der Waals surface area contributed by atoms with Gasteiger partial charge < -0.3 is 4.74 Å². The number of rotatable bonds is 2. The first-order chi connectivity index (χ1) is 8.47. The highest BCUT2D eigenvalue weighted by Gasteiger charge is 2.23. The molecular formula is C12H14N4O2. The Morgan fingerprint density at radius 1 is 1.22 bits per heavy atom. The number of aromatic amines is 1. The molecule has 0 aliphatic rings. The van der Waals surface area contributed by atoms with Crippen LogP contribution in [0, 0.1) is 5.41 Å². The summed E-state index contributed by atoms with van der Waals surface area (Å²) in [6.45, 7) is 5.43. The van der Waals surface area contributed by atoms with E-state index < -0.39 is 5.41 Å². The molecule has 94 valence electrons. The van der Waals surface area contributed by atoms with Crippen LogP contribution in [-0.2, 0) is 4.79 Å². The summed E-state index contributed by atoms with van der Waals surface area (Å²) in [5, 5.41) is 13.4. The molecule has 1 N–H and O–H groups in total. The van der Waals surface area contributed by atoms with Crippen molar-refractivity contribution in [2.75, 3.05) is 0 Å². The first-order valence-corrected chi connectivity index (χ1v) is 5.53. The fraction of sp³-hybridized carbons (Fsp3) is 0.333. The minimum Gasteiger partial charge on any atom is -0.426 e. The Morgan fingerprint density at radius 2 is 1.89 bits per heavy atom. The highest BCUT2D eigenvalue weighted by Crippen LogP contribution is 2.22. The highest BCUT2D eigenvalue weighted by atomic mass is 16.5. The first-order valence-electron chi connectivity index (χ1n) is 5.53. The monoisotopic (exact) mass is 246 g/mol. The number of benzene rings is 1. The lowest BCUT2D eigenvalue weighted by Crippen LogP contribution is -2.25. The SMILES string of the molecule is CC(C)(C)C(=O)Oc1ccc(-c2nnn[nH]2)cc1. The molecule has 0 spiro atoms. The van der Waals surface area contributed by atoms with Crippen molar-refractivity contribution in [1.82, 2.24) is 20.6 Å². The Bertz CT molecular complexity index is 526. The van der Waals surface area contributed by atoms with E-state index in [1.807, 2.05) is 20.8 Å². The van der Waals surface area contributed by atoms with Gasteiger partial charge >= 0.3 is 5.97 Å². The van der Waals surface area contributed by atoms with Gasteiger partial charge in [0.15, 0.2) is 5.82 Å². The third-order valence-corrected chi connectivity index (χ3v) is 2.30. The molecule has 0 radical (unpaired) electrons. The fourth-order valence-corrected chi connectivity index (χ4v) is 1.22. The Hall–Kier alpha value is -2.24. The molecule has 0 saturated heterocycles. The van der Waals surface area contributed by atoms with Gasteiger partial charge in [-0.15, -0.1) is 5.10 Å². The second kappa shape index (κ2) is 4.56. The zero-order chi connectivity index (χ0) is 13.2. The van der Waals surface area contributed by atoms with Crippen LogP contribution in [0.25, 0.3) is 11.4 Å². The second-order valence-corrected chi connectivity index (χ2v) is 4.91. The van der Waals surface area contributed by atoms with E-state index in [1.54, 1.807) is 24.3 Å². The number of tetrazole rings is 1. The number of H-pyrrole nitrogens is 1. The van der Waals surface area contributed by atoms with Crippen molar-refractivity contribution in [2.24, 2.45) is 5.41 Å². The van der Waals surface area contributed by atoms with E-state index in [2.05, 4.69) is 20.6 Å². The Kier molecular flexibility index (Phi) is 3.10. The maximum Gasteiger partial charge on any atom is 0.316 e. The molecule has 6 heteroatoms. The molecule has 18 heavy (non-hydrogen) atoms. The molecular weight excluding hydrogens is 232 g/mol. The minimum absolute atomic E-state index is 0.267. The first kappa shape index (κ1) is 12.2. The third-order valence-electron chi connectivity index (χ3n) is 2.30. The average Bonchev–Trinajstić information content (AvgIpc) is 2.82. The van der Waals surface area contributed by atoms with Gasteiger partial charge in [-0.2, -0.15) is 0 Å². The molecule has 0 atom stereocenters. The van der Waals surface area contributed by atoms with Crippen molar-refractivity contribution >= 4 is 5.97 Å². The number of nitrogens with zero attached hydrogens (tertiary/aromatic N) is 3. The van der Waals surface area contributed by atoms with Gasteiger partial charge in [0.2, 0.25) is 0 Å². The van der Waals surface area contributed by atoms with Crippen LogP contribution in [0.3, 0.4) is 0 Å². The van der Waals surface area contributed by atoms with Gasteiger partial charge in [-0.05, 0) is 55.5 Å². The van der Waals surface area contributed by atoms with E-state index >= 15 is 0 Å². The van der Waals surface area contributed by atoms with Crippen LogP contribution < -0.4 is 4.74 Å². The number of ether oxygens (including phenoxy) is 1. The molecule has 0 aliphatic heterocycles. The highest BCUT2D eigenvalue weighted by molar-refractivity contribution is 5.78. The maximum absolute atomic E-state index is 11.7. The fourth-order valence-electron chi connectivity index (χ4n) is 1.22. The van der Waals surface area contributed by atoms with Crippen molar-refractivity contribution in [3.8, 4) is 17.1 Å². The molecule has 0 fully saturated rings.